The predicted molar refractivity (Wildman–Crippen MR) is 478 cm³/mol. The van der Waals surface area contributed by atoms with Gasteiger partial charge in [0, 0.05) is 141 Å². The van der Waals surface area contributed by atoms with Crippen molar-refractivity contribution >= 4 is 144 Å². The van der Waals surface area contributed by atoms with Crippen molar-refractivity contribution < 1.29 is 93.5 Å². The van der Waals surface area contributed by atoms with Gasteiger partial charge >= 0.3 is 11.4 Å². The number of amides is 8. The third-order valence-corrected chi connectivity index (χ3v) is 27.6. The highest BCUT2D eigenvalue weighted by Crippen LogP contribution is 2.51. The molecule has 20 unspecified atom stereocenters. The maximum Gasteiger partial charge on any atom is 0.351 e. The second-order valence-corrected chi connectivity index (χ2v) is 36.3. The minimum Gasteiger partial charge on any atom is -0.372 e. The number of imidazole rings is 2. The van der Waals surface area contributed by atoms with Gasteiger partial charge < -0.3 is 71.1 Å². The second-order valence-electron chi connectivity index (χ2n) is 31.7. The monoisotopic (exact) mass is 1890 g/mol. The molecule has 0 spiro atoms. The number of hydrogen-bond donors (Lipinski definition) is 9. The number of carbonyl (C=O) groups excluding carboxylic acids is 8. The van der Waals surface area contributed by atoms with Gasteiger partial charge in [-0.25, -0.2) is 29.5 Å². The van der Waals surface area contributed by atoms with E-state index in [1.807, 2.05) is 55.4 Å². The van der Waals surface area contributed by atoms with E-state index < -0.39 is 129 Å². The fraction of sp³-hybridized carbons (Fsp3) is 0.570. The van der Waals surface area contributed by atoms with Crippen LogP contribution in [-0.2, 0) is 93.5 Å². The molecule has 47 nitrogen and oxygen atoms in total. The second kappa shape index (κ2) is 41.3. The quantitative estimate of drug-likeness (QED) is 0.0236. The first-order valence-corrected chi connectivity index (χ1v) is 46.6. The van der Waals surface area contributed by atoms with Crippen LogP contribution in [0.15, 0.2) is 47.8 Å². The summed E-state index contributed by atoms with van der Waals surface area (Å²) in [5.41, 5.74) is 24.9. The molecule has 0 aliphatic carbocycles. The average Bonchev–Trinajstić information content (AvgIpc) is 1.58. The highest BCUT2D eigenvalue weighted by Gasteiger charge is 2.53. The van der Waals surface area contributed by atoms with E-state index in [9.17, 15) is 57.5 Å². The third-order valence-electron chi connectivity index (χ3n) is 24.4. The molecule has 4 saturated heterocycles. The SMILES string of the molecule is CCC1OC(n2c(C)c(C3=C(C)C(=O)N(C)C3=O)c(=O)[nH]c2=O)C(C)C1OP(N)OC.CCC1OC(n2c(C)c(C3=C(C)C(=O)N(C)C3=O)c(NC)nc2=O)C(C)C1OP(N)OC.CCC1OC(n2c(C3=C(C)C(=O)N(C)C3=O)nc3c(=O)[nH]c(NC)nc32)C(C)C1OP(N)OC.CCC1OC(n2c(C3=C(C)C(=O)N(C)C3=O)nc3c(NC)ncnc32)C(C)C1OP(N)OC. The van der Waals surface area contributed by atoms with Crippen LogP contribution in [0, 0.1) is 37.5 Å². The summed E-state index contributed by atoms with van der Waals surface area (Å²) in [6.07, 6.45) is -1.62. The molecule has 0 saturated carbocycles. The maximum absolute atomic E-state index is 13.1. The summed E-state index contributed by atoms with van der Waals surface area (Å²) < 4.78 is 75.3. The Hall–Kier alpha value is -9.54. The van der Waals surface area contributed by atoms with Crippen LogP contribution in [0.4, 0.5) is 17.6 Å². The van der Waals surface area contributed by atoms with Crippen molar-refractivity contribution in [1.82, 2.24) is 77.7 Å². The molecule has 130 heavy (non-hydrogen) atoms. The van der Waals surface area contributed by atoms with Crippen LogP contribution in [0.1, 0.15) is 168 Å². The van der Waals surface area contributed by atoms with Crippen molar-refractivity contribution in [2.45, 2.75) is 196 Å². The third kappa shape index (κ3) is 18.3. The van der Waals surface area contributed by atoms with E-state index in [1.165, 1.54) is 79.0 Å². The smallest absolute Gasteiger partial charge is 0.351 e. The molecule has 6 aromatic heterocycles. The summed E-state index contributed by atoms with van der Waals surface area (Å²) in [4.78, 5) is 188. The molecule has 8 amide bonds. The molecule has 4 fully saturated rings. The Morgan fingerprint density at radius 3 is 1.06 bits per heavy atom. The van der Waals surface area contributed by atoms with Gasteiger partial charge in [-0.2, -0.15) is 9.97 Å². The number of fused-ring (bicyclic) bond motifs is 2. The van der Waals surface area contributed by atoms with Crippen molar-refractivity contribution in [2.75, 3.05) is 93.7 Å². The van der Waals surface area contributed by atoms with Crippen LogP contribution in [0.5, 0.6) is 0 Å². The summed E-state index contributed by atoms with van der Waals surface area (Å²) in [7, 11) is 10.1. The number of likely N-dealkylation sites (N-methyl/N-ethyl adjacent to an activating group) is 4. The van der Waals surface area contributed by atoms with Gasteiger partial charge in [0.25, 0.3) is 92.5 Å². The van der Waals surface area contributed by atoms with Gasteiger partial charge in [-0.15, -0.1) is 0 Å². The fourth-order valence-electron chi connectivity index (χ4n) is 17.3. The number of carbonyl (C=O) groups is 8. The molecule has 6 aromatic rings. The first kappa shape index (κ1) is 101. The van der Waals surface area contributed by atoms with E-state index in [2.05, 4.69) is 50.8 Å². The molecule has 14 heterocycles. The lowest BCUT2D eigenvalue weighted by Crippen LogP contribution is -2.39. The summed E-state index contributed by atoms with van der Waals surface area (Å²) in [6.45, 7) is 25.0. The zero-order chi connectivity index (χ0) is 96.0. The normalized spacial score (nSPS) is 26.8. The van der Waals surface area contributed by atoms with Crippen LogP contribution in [0.3, 0.4) is 0 Å². The minimum absolute atomic E-state index is 0.0182. The molecule has 51 heteroatoms. The Morgan fingerprint density at radius 1 is 0.392 bits per heavy atom. The average molecular weight is 1890 g/mol. The zero-order valence-corrected chi connectivity index (χ0v) is 80.4. The summed E-state index contributed by atoms with van der Waals surface area (Å²) in [6, 6.07) is 0. The maximum atomic E-state index is 13.1. The molecule has 0 aromatic carbocycles. The molecule has 708 valence electrons. The Kier molecular flexibility index (Phi) is 32.1. The molecule has 0 radical (unpaired) electrons. The summed E-state index contributed by atoms with van der Waals surface area (Å²) >= 11 is 0. The summed E-state index contributed by atoms with van der Waals surface area (Å²) in [5.74, 6) is -3.31. The van der Waals surface area contributed by atoms with Crippen LogP contribution in [-0.4, -0.2) is 252 Å². The molecule has 14 rings (SSSR count). The standard InChI is InChI=1S/C20H28N7O6P.C20H28N7O5P.C20H30N5O6P.C19H27N4O7P/c1-7-10-13(33-34(21)31-6)9(3)19(32-10)27-14(11-8(2)17(29)26(5)18(11)30)23-12-15(27)24-20(22-4)25-16(12)28;1-7-11-14(32-33(21)30-6)10(3)20(31-11)27-16(12-9(2)18(28)26(5)19(12)29)25-13-15(22-4)23-8-24-17(13)27;1-8-12-15(31-32(21)29-7)10(3)19(30-12)25-11(4)14(16(22-5)23-20(25)28)13-9(2)17(26)24(6)18(13)27;1-7-11-14(30-31(20)28-6)9(3)18(29-11)23-10(4)13(15(24)21-19(23)27)12-8(2)16(25)22(5)17(12)26/h9-10,13,19H,7,21H2,1-6H3,(H2,22,24,25,28);8,10-11,14,20H,7,21H2,1-6H3,(H,22,23,24);10,12,15,19H,8,21H2,1-7H3,(H,22,23,28);9,11,14,18H,7,20H2,1-6H3,(H,21,24,27). The lowest BCUT2D eigenvalue weighted by molar-refractivity contribution is -0.136. The highest BCUT2D eigenvalue weighted by atomic mass is 31.2. The predicted octanol–water partition coefficient (Wildman–Crippen LogP) is 5.20. The Balaban J connectivity index is 0.000000168. The number of nitrogens with two attached hydrogens (primary N) is 4. The van der Waals surface area contributed by atoms with E-state index in [0.29, 0.717) is 70.9 Å². The van der Waals surface area contributed by atoms with Crippen molar-refractivity contribution in [2.24, 2.45) is 45.7 Å². The van der Waals surface area contributed by atoms with E-state index >= 15 is 0 Å². The molecule has 20 atom stereocenters. The number of imide groups is 4. The van der Waals surface area contributed by atoms with E-state index in [0.717, 1.165) is 19.6 Å². The topological polar surface area (TPSA) is 597 Å². The first-order valence-electron chi connectivity index (χ1n) is 41.6. The lowest BCUT2D eigenvalue weighted by atomic mass is 9.98. The zero-order valence-electron chi connectivity index (χ0n) is 76.8. The molecular weight excluding hydrogens is 1780 g/mol. The number of H-pyrrole nitrogens is 2. The summed E-state index contributed by atoms with van der Waals surface area (Å²) in [5, 5.41) is 8.70. The van der Waals surface area contributed by atoms with Gasteiger partial charge in [0.05, 0.1) is 76.7 Å². The Labute approximate surface area is 751 Å². The van der Waals surface area contributed by atoms with Gasteiger partial charge in [-0.1, -0.05) is 55.4 Å². The van der Waals surface area contributed by atoms with Gasteiger partial charge in [-0.3, -0.25) is 118 Å². The van der Waals surface area contributed by atoms with Crippen LogP contribution in [0.25, 0.3) is 44.6 Å². The highest BCUT2D eigenvalue weighted by molar-refractivity contribution is 7.45. The number of rotatable bonds is 27. The number of nitrogens with zero attached hydrogens (tertiary/aromatic N) is 14. The molecule has 8 aliphatic rings. The Morgan fingerprint density at radius 2 is 0.723 bits per heavy atom. The molecule has 13 N–H and O–H groups in total. The van der Waals surface area contributed by atoms with Crippen LogP contribution < -0.4 is 60.5 Å². The minimum atomic E-state index is -1.62. The van der Waals surface area contributed by atoms with Crippen molar-refractivity contribution in [3.63, 3.8) is 0 Å². The number of hydrogen-bond acceptors (Lipinski definition) is 37. The van der Waals surface area contributed by atoms with Crippen molar-refractivity contribution in [3.05, 3.63) is 104 Å². The van der Waals surface area contributed by atoms with Gasteiger partial charge in [0.15, 0.2) is 39.8 Å². The Bertz CT molecular complexity index is 5850. The van der Waals surface area contributed by atoms with Gasteiger partial charge in [0.1, 0.15) is 37.1 Å². The molecule has 0 bridgehead atoms. The number of anilines is 3. The van der Waals surface area contributed by atoms with E-state index in [4.69, 9.17) is 82.1 Å². The lowest BCUT2D eigenvalue weighted by Gasteiger charge is -2.25. The van der Waals surface area contributed by atoms with Crippen molar-refractivity contribution in [3.8, 4) is 0 Å². The van der Waals surface area contributed by atoms with E-state index in [1.54, 1.807) is 64.9 Å². The van der Waals surface area contributed by atoms with Gasteiger partial charge in [0.2, 0.25) is 5.95 Å². The van der Waals surface area contributed by atoms with Crippen molar-refractivity contribution in [1.29, 1.82) is 0 Å². The number of nitrogens with one attached hydrogen (secondary N) is 5. The van der Waals surface area contributed by atoms with Gasteiger partial charge in [-0.05, 0) is 67.2 Å². The fourth-order valence-corrected chi connectivity index (χ4v) is 19.9. The van der Waals surface area contributed by atoms with E-state index in [-0.39, 0.29) is 146 Å². The molecular formula is C79H113N23O24P4. The largest absolute Gasteiger partial charge is 0.372 e. The first-order chi connectivity index (χ1) is 61.5. The van der Waals surface area contributed by atoms with Crippen LogP contribution >= 0.6 is 34.1 Å². The number of aromatic amines is 2. The molecule has 8 aliphatic heterocycles. The van der Waals surface area contributed by atoms with Crippen LogP contribution in [0.2, 0.25) is 0 Å². The number of aromatic nitrogens is 12. The number of ether oxygens (including phenoxy) is 4.